The number of nitrogens with one attached hydrogen (secondary N) is 1. The van der Waals surface area contributed by atoms with Crippen molar-refractivity contribution in [3.63, 3.8) is 0 Å². The summed E-state index contributed by atoms with van der Waals surface area (Å²) >= 11 is 0. The zero-order chi connectivity index (χ0) is 12.8. The van der Waals surface area contributed by atoms with Crippen molar-refractivity contribution in [3.05, 3.63) is 30.3 Å². The molecule has 1 saturated carbocycles. The normalized spacial score (nSPS) is 24.2. The molecule has 0 atom stereocenters. The molecular formula is C16H26N2. The summed E-state index contributed by atoms with van der Waals surface area (Å²) in [4.78, 5) is 2.30. The molecule has 0 unspecified atom stereocenters. The molecule has 1 aromatic carbocycles. The first kappa shape index (κ1) is 13.4. The molecule has 0 heterocycles. The Bertz CT molecular complexity index is 326. The summed E-state index contributed by atoms with van der Waals surface area (Å²) in [5, 5.41) is 3.66. The monoisotopic (exact) mass is 246 g/mol. The molecular weight excluding hydrogens is 220 g/mol. The Morgan fingerprint density at radius 3 is 2.33 bits per heavy atom. The predicted octanol–water partition coefficient (Wildman–Crippen LogP) is 3.61. The fraction of sp³-hybridized carbons (Fsp3) is 0.625. The maximum absolute atomic E-state index is 3.66. The van der Waals surface area contributed by atoms with Crippen LogP contribution >= 0.6 is 0 Å². The van der Waals surface area contributed by atoms with E-state index in [9.17, 15) is 0 Å². The summed E-state index contributed by atoms with van der Waals surface area (Å²) in [5.74, 6) is 0.946. The molecule has 0 saturated heterocycles. The topological polar surface area (TPSA) is 15.3 Å². The summed E-state index contributed by atoms with van der Waals surface area (Å²) < 4.78 is 0. The van der Waals surface area contributed by atoms with Crippen LogP contribution in [-0.2, 0) is 0 Å². The number of benzene rings is 1. The standard InChI is InChI=1S/C16H26N2/c1-18(2)13-12-14-8-10-16(11-9-14)17-15-6-4-3-5-7-15/h3-7,14,16-17H,8-13H2,1-2H3. The smallest absolute Gasteiger partial charge is 0.0342 e. The van der Waals surface area contributed by atoms with Crippen LogP contribution in [0.5, 0.6) is 0 Å². The second kappa shape index (κ2) is 6.79. The predicted molar refractivity (Wildman–Crippen MR) is 79.0 cm³/mol. The van der Waals surface area contributed by atoms with Crippen molar-refractivity contribution in [1.82, 2.24) is 4.90 Å². The molecule has 18 heavy (non-hydrogen) atoms. The quantitative estimate of drug-likeness (QED) is 0.854. The van der Waals surface area contributed by atoms with E-state index in [4.69, 9.17) is 0 Å². The van der Waals surface area contributed by atoms with Gasteiger partial charge in [-0.3, -0.25) is 0 Å². The van der Waals surface area contributed by atoms with Gasteiger partial charge in [-0.15, -0.1) is 0 Å². The third kappa shape index (κ3) is 4.34. The van der Waals surface area contributed by atoms with Gasteiger partial charge in [0.05, 0.1) is 0 Å². The Morgan fingerprint density at radius 1 is 1.06 bits per heavy atom. The Kier molecular flexibility index (Phi) is 5.06. The molecule has 1 fully saturated rings. The average molecular weight is 246 g/mol. The van der Waals surface area contributed by atoms with Crippen molar-refractivity contribution in [2.24, 2.45) is 5.92 Å². The van der Waals surface area contributed by atoms with E-state index in [1.54, 1.807) is 0 Å². The lowest BCUT2D eigenvalue weighted by molar-refractivity contribution is 0.281. The number of hydrogen-bond donors (Lipinski definition) is 1. The SMILES string of the molecule is CN(C)CCC1CCC(Nc2ccccc2)CC1. The third-order valence-corrected chi connectivity index (χ3v) is 3.98. The van der Waals surface area contributed by atoms with Gasteiger partial charge in [-0.1, -0.05) is 18.2 Å². The van der Waals surface area contributed by atoms with Gasteiger partial charge in [0.2, 0.25) is 0 Å². The van der Waals surface area contributed by atoms with Crippen LogP contribution in [0.4, 0.5) is 5.69 Å². The van der Waals surface area contributed by atoms with E-state index in [2.05, 4.69) is 54.6 Å². The summed E-state index contributed by atoms with van der Waals surface area (Å²) in [6, 6.07) is 11.3. The number of hydrogen-bond acceptors (Lipinski definition) is 2. The summed E-state index contributed by atoms with van der Waals surface area (Å²) in [5.41, 5.74) is 1.27. The highest BCUT2D eigenvalue weighted by Gasteiger charge is 2.20. The first-order valence-corrected chi connectivity index (χ1v) is 7.20. The van der Waals surface area contributed by atoms with Crippen LogP contribution in [-0.4, -0.2) is 31.6 Å². The molecule has 0 radical (unpaired) electrons. The number of anilines is 1. The van der Waals surface area contributed by atoms with E-state index < -0.39 is 0 Å². The highest BCUT2D eigenvalue weighted by molar-refractivity contribution is 5.43. The van der Waals surface area contributed by atoms with Crippen LogP contribution in [0.2, 0.25) is 0 Å². The molecule has 2 heteroatoms. The minimum absolute atomic E-state index is 0.683. The molecule has 1 N–H and O–H groups in total. The second-order valence-electron chi connectivity index (χ2n) is 5.82. The van der Waals surface area contributed by atoms with Gasteiger partial charge in [-0.25, -0.2) is 0 Å². The molecule has 2 rings (SSSR count). The highest BCUT2D eigenvalue weighted by atomic mass is 15.0. The molecule has 0 spiro atoms. The van der Waals surface area contributed by atoms with Gasteiger partial charge >= 0.3 is 0 Å². The van der Waals surface area contributed by atoms with E-state index in [1.165, 1.54) is 44.3 Å². The molecule has 0 amide bonds. The minimum Gasteiger partial charge on any atom is -0.382 e. The van der Waals surface area contributed by atoms with Gasteiger partial charge < -0.3 is 10.2 Å². The van der Waals surface area contributed by atoms with E-state index in [0.717, 1.165) is 5.92 Å². The van der Waals surface area contributed by atoms with E-state index >= 15 is 0 Å². The largest absolute Gasteiger partial charge is 0.382 e. The van der Waals surface area contributed by atoms with Gasteiger partial charge in [0.1, 0.15) is 0 Å². The lowest BCUT2D eigenvalue weighted by Gasteiger charge is -2.30. The van der Waals surface area contributed by atoms with Gasteiger partial charge in [0, 0.05) is 11.7 Å². The molecule has 1 aromatic rings. The van der Waals surface area contributed by atoms with Crippen LogP contribution in [0.25, 0.3) is 0 Å². The van der Waals surface area contributed by atoms with Gasteiger partial charge in [-0.2, -0.15) is 0 Å². The lowest BCUT2D eigenvalue weighted by Crippen LogP contribution is -2.27. The summed E-state index contributed by atoms with van der Waals surface area (Å²) in [6.07, 6.45) is 6.79. The average Bonchev–Trinajstić information content (AvgIpc) is 2.39. The van der Waals surface area contributed by atoms with Crippen molar-refractivity contribution >= 4 is 5.69 Å². The van der Waals surface area contributed by atoms with Gasteiger partial charge in [0.15, 0.2) is 0 Å². The maximum atomic E-state index is 3.66. The Hall–Kier alpha value is -1.02. The first-order valence-electron chi connectivity index (χ1n) is 7.20. The van der Waals surface area contributed by atoms with Crippen LogP contribution in [0.1, 0.15) is 32.1 Å². The highest BCUT2D eigenvalue weighted by Crippen LogP contribution is 2.28. The zero-order valence-electron chi connectivity index (χ0n) is 11.7. The lowest BCUT2D eigenvalue weighted by atomic mass is 9.84. The van der Waals surface area contributed by atoms with Crippen molar-refractivity contribution in [2.45, 2.75) is 38.1 Å². The Morgan fingerprint density at radius 2 is 1.72 bits per heavy atom. The maximum Gasteiger partial charge on any atom is 0.0342 e. The van der Waals surface area contributed by atoms with Crippen LogP contribution in [0, 0.1) is 5.92 Å². The van der Waals surface area contributed by atoms with Crippen LogP contribution in [0.3, 0.4) is 0 Å². The molecule has 0 aliphatic heterocycles. The van der Waals surface area contributed by atoms with Gasteiger partial charge in [-0.05, 0) is 70.8 Å². The second-order valence-corrected chi connectivity index (χ2v) is 5.82. The summed E-state index contributed by atoms with van der Waals surface area (Å²) in [7, 11) is 4.34. The van der Waals surface area contributed by atoms with E-state index in [-0.39, 0.29) is 0 Å². The van der Waals surface area contributed by atoms with Crippen molar-refractivity contribution in [3.8, 4) is 0 Å². The zero-order valence-corrected chi connectivity index (χ0v) is 11.7. The number of para-hydroxylation sites is 1. The van der Waals surface area contributed by atoms with Crippen LogP contribution < -0.4 is 5.32 Å². The Labute approximate surface area is 111 Å². The first-order chi connectivity index (χ1) is 8.74. The Balaban J connectivity index is 1.70. The molecule has 0 bridgehead atoms. The van der Waals surface area contributed by atoms with E-state index in [1.807, 2.05) is 0 Å². The number of rotatable bonds is 5. The van der Waals surface area contributed by atoms with Crippen molar-refractivity contribution in [2.75, 3.05) is 26.0 Å². The molecule has 1 aliphatic rings. The summed E-state index contributed by atoms with van der Waals surface area (Å²) in [6.45, 7) is 1.24. The van der Waals surface area contributed by atoms with Crippen molar-refractivity contribution < 1.29 is 0 Å². The van der Waals surface area contributed by atoms with Crippen LogP contribution in [0.15, 0.2) is 30.3 Å². The molecule has 1 aliphatic carbocycles. The molecule has 100 valence electrons. The molecule has 2 nitrogen and oxygen atoms in total. The molecule has 0 aromatic heterocycles. The minimum atomic E-state index is 0.683. The van der Waals surface area contributed by atoms with Crippen molar-refractivity contribution in [1.29, 1.82) is 0 Å². The fourth-order valence-corrected chi connectivity index (χ4v) is 2.81. The fourth-order valence-electron chi connectivity index (χ4n) is 2.81. The third-order valence-electron chi connectivity index (χ3n) is 3.98. The van der Waals surface area contributed by atoms with Gasteiger partial charge in [0.25, 0.3) is 0 Å². The van der Waals surface area contributed by atoms with E-state index in [0.29, 0.717) is 6.04 Å². The number of nitrogens with zero attached hydrogens (tertiary/aromatic N) is 1.